The molecule has 3 rings (SSSR count). The smallest absolute Gasteiger partial charge is 0.150 e. The van der Waals surface area contributed by atoms with Crippen molar-refractivity contribution >= 4 is 0 Å². The quantitative estimate of drug-likeness (QED) is 0.826. The highest BCUT2D eigenvalue weighted by Gasteiger charge is 2.30. The normalized spacial score (nSPS) is 15.1. The van der Waals surface area contributed by atoms with E-state index in [1.165, 1.54) is 18.9 Å². The van der Waals surface area contributed by atoms with E-state index in [0.717, 1.165) is 17.0 Å². The summed E-state index contributed by atoms with van der Waals surface area (Å²) < 4.78 is 19.0. The minimum absolute atomic E-state index is 0.137. The van der Waals surface area contributed by atoms with Crippen LogP contribution in [-0.4, -0.2) is 16.1 Å². The van der Waals surface area contributed by atoms with E-state index in [-0.39, 0.29) is 5.82 Å². The molecule has 3 nitrogen and oxygen atoms in total. The second-order valence-electron chi connectivity index (χ2n) is 5.16. The molecule has 0 radical (unpaired) electrons. The molecule has 1 heterocycles. The molecule has 100 valence electrons. The van der Waals surface area contributed by atoms with Gasteiger partial charge in [0.25, 0.3) is 0 Å². The first kappa shape index (κ1) is 12.4. The Morgan fingerprint density at radius 2 is 2.11 bits per heavy atom. The van der Waals surface area contributed by atoms with E-state index >= 15 is 0 Å². The second kappa shape index (κ2) is 5.13. The lowest BCUT2D eigenvalue weighted by molar-refractivity contribution is 0.211. The molecule has 0 aliphatic heterocycles. The van der Waals surface area contributed by atoms with Gasteiger partial charge in [0.15, 0.2) is 5.76 Å². The summed E-state index contributed by atoms with van der Waals surface area (Å²) in [5, 5.41) is 3.90. The van der Waals surface area contributed by atoms with Gasteiger partial charge in [-0.1, -0.05) is 23.4 Å². The Bertz CT molecular complexity index is 563. The molecule has 1 fully saturated rings. The van der Waals surface area contributed by atoms with Crippen LogP contribution in [0.1, 0.15) is 29.9 Å². The van der Waals surface area contributed by atoms with E-state index in [0.29, 0.717) is 19.1 Å². The van der Waals surface area contributed by atoms with E-state index < -0.39 is 0 Å². The first-order valence-corrected chi connectivity index (χ1v) is 6.62. The average molecular weight is 260 g/mol. The van der Waals surface area contributed by atoms with Crippen molar-refractivity contribution in [2.45, 2.75) is 38.9 Å². The molecule has 1 aromatic carbocycles. The lowest BCUT2D eigenvalue weighted by Gasteiger charge is -2.20. The van der Waals surface area contributed by atoms with Crippen molar-refractivity contribution in [3.8, 4) is 0 Å². The number of rotatable bonds is 5. The van der Waals surface area contributed by atoms with Crippen molar-refractivity contribution in [2.24, 2.45) is 0 Å². The molecule has 1 aliphatic carbocycles. The number of nitrogens with zero attached hydrogens (tertiary/aromatic N) is 2. The number of aryl methyl sites for hydroxylation is 1. The first-order valence-electron chi connectivity index (χ1n) is 6.62. The van der Waals surface area contributed by atoms with Gasteiger partial charge >= 0.3 is 0 Å². The Morgan fingerprint density at radius 1 is 1.32 bits per heavy atom. The maximum absolute atomic E-state index is 13.7. The zero-order valence-corrected chi connectivity index (χ0v) is 11.0. The number of hydrogen-bond acceptors (Lipinski definition) is 3. The Labute approximate surface area is 112 Å². The molecule has 0 bridgehead atoms. The highest BCUT2D eigenvalue weighted by atomic mass is 19.1. The summed E-state index contributed by atoms with van der Waals surface area (Å²) in [7, 11) is 0. The molecular weight excluding hydrogens is 243 g/mol. The second-order valence-corrected chi connectivity index (χ2v) is 5.16. The highest BCUT2D eigenvalue weighted by molar-refractivity contribution is 5.17. The van der Waals surface area contributed by atoms with Crippen molar-refractivity contribution in [1.29, 1.82) is 0 Å². The monoisotopic (exact) mass is 260 g/mol. The molecule has 1 aliphatic rings. The largest absolute Gasteiger partial charge is 0.360 e. The van der Waals surface area contributed by atoms with Crippen molar-refractivity contribution < 1.29 is 8.91 Å². The Hall–Kier alpha value is -1.68. The third-order valence-electron chi connectivity index (χ3n) is 3.43. The van der Waals surface area contributed by atoms with E-state index in [9.17, 15) is 4.39 Å². The molecule has 0 saturated heterocycles. The van der Waals surface area contributed by atoms with E-state index in [2.05, 4.69) is 10.1 Å². The maximum Gasteiger partial charge on any atom is 0.150 e. The Kier molecular flexibility index (Phi) is 3.34. The fraction of sp³-hybridized carbons (Fsp3) is 0.400. The van der Waals surface area contributed by atoms with E-state index in [4.69, 9.17) is 4.52 Å². The number of halogens is 1. The molecule has 0 spiro atoms. The zero-order chi connectivity index (χ0) is 13.2. The van der Waals surface area contributed by atoms with Crippen molar-refractivity contribution in [1.82, 2.24) is 10.1 Å². The van der Waals surface area contributed by atoms with Crippen molar-refractivity contribution in [3.05, 3.63) is 53.2 Å². The van der Waals surface area contributed by atoms with Gasteiger partial charge in [0, 0.05) is 24.2 Å². The summed E-state index contributed by atoms with van der Waals surface area (Å²) in [5.74, 6) is 0.711. The molecule has 0 N–H and O–H groups in total. The SMILES string of the molecule is Cc1cc(CN(Cc2ccccc2F)C2CC2)on1. The van der Waals surface area contributed by atoms with Crippen LogP contribution in [-0.2, 0) is 13.1 Å². The van der Waals surface area contributed by atoms with Crippen LogP contribution in [0.2, 0.25) is 0 Å². The van der Waals surface area contributed by atoms with Crippen LogP contribution in [0.25, 0.3) is 0 Å². The predicted octanol–water partition coefficient (Wildman–Crippen LogP) is 3.29. The van der Waals surface area contributed by atoms with Crippen LogP contribution in [0.15, 0.2) is 34.9 Å². The first-order chi connectivity index (χ1) is 9.22. The number of hydrogen-bond donors (Lipinski definition) is 0. The van der Waals surface area contributed by atoms with Gasteiger partial charge < -0.3 is 4.52 Å². The summed E-state index contributed by atoms with van der Waals surface area (Å²) in [6.07, 6.45) is 2.36. The van der Waals surface area contributed by atoms with Crippen LogP contribution in [0.4, 0.5) is 4.39 Å². The van der Waals surface area contributed by atoms with Crippen molar-refractivity contribution in [3.63, 3.8) is 0 Å². The minimum Gasteiger partial charge on any atom is -0.360 e. The number of aromatic nitrogens is 1. The molecule has 0 unspecified atom stereocenters. The third kappa shape index (κ3) is 3.01. The molecule has 0 amide bonds. The lowest BCUT2D eigenvalue weighted by Crippen LogP contribution is -2.25. The maximum atomic E-state index is 13.7. The standard InChI is InChI=1S/C15H17FN2O/c1-11-8-14(19-17-11)10-18(13-6-7-13)9-12-4-2-3-5-15(12)16/h2-5,8,13H,6-7,9-10H2,1H3. The van der Waals surface area contributed by atoms with E-state index in [1.54, 1.807) is 6.07 Å². The topological polar surface area (TPSA) is 29.3 Å². The van der Waals surface area contributed by atoms with Gasteiger partial charge in [0.05, 0.1) is 12.2 Å². The van der Waals surface area contributed by atoms with Gasteiger partial charge in [0.1, 0.15) is 5.82 Å². The number of benzene rings is 1. The van der Waals surface area contributed by atoms with Gasteiger partial charge in [-0.2, -0.15) is 0 Å². The van der Waals surface area contributed by atoms with Gasteiger partial charge in [-0.3, -0.25) is 4.90 Å². The highest BCUT2D eigenvalue weighted by Crippen LogP contribution is 2.30. The van der Waals surface area contributed by atoms with Gasteiger partial charge in [0.2, 0.25) is 0 Å². The zero-order valence-electron chi connectivity index (χ0n) is 11.0. The molecule has 19 heavy (non-hydrogen) atoms. The molecule has 4 heteroatoms. The summed E-state index contributed by atoms with van der Waals surface area (Å²) in [6.45, 7) is 3.22. The van der Waals surface area contributed by atoms with Crippen LogP contribution in [0.3, 0.4) is 0 Å². The van der Waals surface area contributed by atoms with Crippen LogP contribution in [0, 0.1) is 12.7 Å². The minimum atomic E-state index is -0.137. The summed E-state index contributed by atoms with van der Waals surface area (Å²) in [5.41, 5.74) is 1.63. The van der Waals surface area contributed by atoms with Gasteiger partial charge in [-0.15, -0.1) is 0 Å². The molecule has 0 atom stereocenters. The summed E-state index contributed by atoms with van der Waals surface area (Å²) in [6, 6.07) is 9.44. The van der Waals surface area contributed by atoms with Crippen LogP contribution < -0.4 is 0 Å². The van der Waals surface area contributed by atoms with E-state index in [1.807, 2.05) is 25.1 Å². The van der Waals surface area contributed by atoms with Crippen LogP contribution >= 0.6 is 0 Å². The molecule has 1 saturated carbocycles. The Balaban J connectivity index is 1.73. The van der Waals surface area contributed by atoms with Crippen molar-refractivity contribution in [2.75, 3.05) is 0 Å². The summed E-state index contributed by atoms with van der Waals surface area (Å²) >= 11 is 0. The van der Waals surface area contributed by atoms with Gasteiger partial charge in [-0.25, -0.2) is 4.39 Å². The predicted molar refractivity (Wildman–Crippen MR) is 69.9 cm³/mol. The molecule has 2 aromatic rings. The summed E-state index contributed by atoms with van der Waals surface area (Å²) in [4.78, 5) is 2.26. The fourth-order valence-electron chi connectivity index (χ4n) is 2.29. The van der Waals surface area contributed by atoms with Gasteiger partial charge in [-0.05, 0) is 25.8 Å². The lowest BCUT2D eigenvalue weighted by atomic mass is 10.2. The Morgan fingerprint density at radius 3 is 2.74 bits per heavy atom. The third-order valence-corrected chi connectivity index (χ3v) is 3.43. The fourth-order valence-corrected chi connectivity index (χ4v) is 2.29. The molecule has 1 aromatic heterocycles. The molecular formula is C15H17FN2O. The van der Waals surface area contributed by atoms with Crippen LogP contribution in [0.5, 0.6) is 0 Å². The average Bonchev–Trinajstić information content (AvgIpc) is 3.16.